The number of nitrogen functional groups attached to an aromatic ring is 1. The van der Waals surface area contributed by atoms with Gasteiger partial charge >= 0.3 is 0 Å². The number of anilines is 1. The van der Waals surface area contributed by atoms with E-state index in [1.54, 1.807) is 18.6 Å². The van der Waals surface area contributed by atoms with E-state index in [1.165, 1.54) is 11.8 Å². The van der Waals surface area contributed by atoms with Gasteiger partial charge in [0.25, 0.3) is 0 Å². The molecule has 2 N–H and O–H groups in total. The zero-order valence-electron chi connectivity index (χ0n) is 12.2. The van der Waals surface area contributed by atoms with Gasteiger partial charge in [0.15, 0.2) is 5.16 Å². The Kier molecular flexibility index (Phi) is 4.06. The lowest BCUT2D eigenvalue weighted by Gasteiger charge is -2.03. The number of hydrogen-bond donors (Lipinski definition) is 1. The molecule has 23 heavy (non-hydrogen) atoms. The van der Waals surface area contributed by atoms with Crippen LogP contribution < -0.4 is 5.73 Å². The number of halogens is 1. The summed E-state index contributed by atoms with van der Waals surface area (Å²) in [5.74, 6) is 0.409. The zero-order chi connectivity index (χ0) is 15.1. The molecule has 0 aliphatic heterocycles. The quantitative estimate of drug-likeness (QED) is 0.444. The summed E-state index contributed by atoms with van der Waals surface area (Å²) < 4.78 is 1.85. The predicted octanol–water partition coefficient (Wildman–Crippen LogP) is 3.07. The number of nitrogens with two attached hydrogens (primary N) is 1. The first kappa shape index (κ1) is 15.5. The maximum atomic E-state index is 6.04. The molecule has 0 spiro atoms. The van der Waals surface area contributed by atoms with Crippen LogP contribution in [0.15, 0.2) is 48.0 Å². The van der Waals surface area contributed by atoms with Crippen LogP contribution in [-0.4, -0.2) is 30.6 Å². The molecule has 0 fully saturated rings. The lowest BCUT2D eigenvalue weighted by molar-refractivity contribution is 0.977. The van der Waals surface area contributed by atoms with Crippen molar-refractivity contribution in [2.45, 2.75) is 5.16 Å². The summed E-state index contributed by atoms with van der Waals surface area (Å²) in [5.41, 5.74) is 9.61. The largest absolute Gasteiger partial charge is 0.369 e. The van der Waals surface area contributed by atoms with Crippen molar-refractivity contribution in [2.75, 3.05) is 12.0 Å². The number of fused-ring (bicyclic) bond motifs is 3. The highest BCUT2D eigenvalue weighted by Gasteiger charge is 2.17. The zero-order valence-corrected chi connectivity index (χ0v) is 13.8. The Balaban J connectivity index is 0.00000156. The van der Waals surface area contributed by atoms with Crippen molar-refractivity contribution >= 4 is 46.7 Å². The monoisotopic (exact) mass is 344 g/mol. The summed E-state index contributed by atoms with van der Waals surface area (Å²) in [7, 11) is 0. The number of nitrogens with zero attached hydrogens (tertiary/aromatic N) is 5. The van der Waals surface area contributed by atoms with Crippen LogP contribution in [0.1, 0.15) is 0 Å². The SMILES string of the molecule is CSc1nccc(-c2c3cccnc3n3c(N)nccc23)n1.Cl. The van der Waals surface area contributed by atoms with E-state index in [-0.39, 0.29) is 12.4 Å². The number of pyridine rings is 1. The predicted molar refractivity (Wildman–Crippen MR) is 95.0 cm³/mol. The van der Waals surface area contributed by atoms with Gasteiger partial charge in [0, 0.05) is 29.5 Å². The van der Waals surface area contributed by atoms with E-state index < -0.39 is 0 Å². The number of rotatable bonds is 2. The number of hydrogen-bond acceptors (Lipinski definition) is 6. The molecule has 0 atom stereocenters. The van der Waals surface area contributed by atoms with Crippen molar-refractivity contribution in [1.82, 2.24) is 24.3 Å². The van der Waals surface area contributed by atoms with Crippen LogP contribution in [0.25, 0.3) is 27.8 Å². The third-order valence-corrected chi connectivity index (χ3v) is 4.07. The Morgan fingerprint density at radius 2 is 1.87 bits per heavy atom. The third-order valence-electron chi connectivity index (χ3n) is 3.51. The second-order valence-electron chi connectivity index (χ2n) is 4.70. The standard InChI is InChI=1S/C15H12N6S.ClH/c1-22-15-19-7-4-10(20-15)12-9-3-2-6-17-13(9)21-11(12)5-8-18-14(21)16;/h2-8H,1H3,(H2,16,18);1H. The van der Waals surface area contributed by atoms with E-state index in [0.29, 0.717) is 5.95 Å². The normalized spacial score (nSPS) is 10.8. The van der Waals surface area contributed by atoms with E-state index in [2.05, 4.69) is 19.9 Å². The Labute approximate surface area is 142 Å². The molecule has 0 unspecified atom stereocenters. The van der Waals surface area contributed by atoms with Crippen LogP contribution in [0, 0.1) is 0 Å². The van der Waals surface area contributed by atoms with Gasteiger partial charge < -0.3 is 5.73 Å². The molecule has 0 saturated heterocycles. The van der Waals surface area contributed by atoms with Gasteiger partial charge in [0.2, 0.25) is 5.95 Å². The summed E-state index contributed by atoms with van der Waals surface area (Å²) in [4.78, 5) is 17.5. The van der Waals surface area contributed by atoms with Gasteiger partial charge in [-0.3, -0.25) is 4.40 Å². The van der Waals surface area contributed by atoms with Crippen molar-refractivity contribution in [3.05, 3.63) is 42.9 Å². The van der Waals surface area contributed by atoms with Gasteiger partial charge in [0.1, 0.15) is 5.65 Å². The molecule has 116 valence electrons. The van der Waals surface area contributed by atoms with E-state index in [1.807, 2.05) is 34.9 Å². The summed E-state index contributed by atoms with van der Waals surface area (Å²) >= 11 is 1.51. The van der Waals surface area contributed by atoms with Gasteiger partial charge in [-0.2, -0.15) is 0 Å². The smallest absolute Gasteiger partial charge is 0.206 e. The van der Waals surface area contributed by atoms with Crippen LogP contribution in [0.3, 0.4) is 0 Å². The molecule has 6 nitrogen and oxygen atoms in total. The van der Waals surface area contributed by atoms with Crippen LogP contribution in [0.5, 0.6) is 0 Å². The molecule has 0 radical (unpaired) electrons. The molecule has 0 saturated carbocycles. The Morgan fingerprint density at radius 1 is 1.04 bits per heavy atom. The van der Waals surface area contributed by atoms with Crippen molar-refractivity contribution in [1.29, 1.82) is 0 Å². The maximum absolute atomic E-state index is 6.04. The summed E-state index contributed by atoms with van der Waals surface area (Å²) in [6, 6.07) is 7.75. The highest BCUT2D eigenvalue weighted by molar-refractivity contribution is 7.98. The van der Waals surface area contributed by atoms with E-state index in [9.17, 15) is 0 Å². The fourth-order valence-corrected chi connectivity index (χ4v) is 2.97. The molecule has 0 aliphatic carbocycles. The van der Waals surface area contributed by atoms with E-state index in [0.717, 1.165) is 33.0 Å². The van der Waals surface area contributed by atoms with Crippen molar-refractivity contribution in [3.8, 4) is 11.3 Å². The van der Waals surface area contributed by atoms with Gasteiger partial charge in [-0.05, 0) is 30.5 Å². The van der Waals surface area contributed by atoms with Crippen LogP contribution >= 0.6 is 24.2 Å². The van der Waals surface area contributed by atoms with Crippen LogP contribution in [0.4, 0.5) is 5.95 Å². The molecular weight excluding hydrogens is 332 g/mol. The summed E-state index contributed by atoms with van der Waals surface area (Å²) in [6.45, 7) is 0. The Hall–Kier alpha value is -2.38. The molecule has 8 heteroatoms. The number of aromatic nitrogens is 5. The third kappa shape index (κ3) is 2.38. The highest BCUT2D eigenvalue weighted by atomic mass is 35.5. The first-order valence-electron chi connectivity index (χ1n) is 6.66. The first-order valence-corrected chi connectivity index (χ1v) is 7.89. The van der Waals surface area contributed by atoms with Crippen LogP contribution in [-0.2, 0) is 0 Å². The van der Waals surface area contributed by atoms with Gasteiger partial charge in [-0.15, -0.1) is 12.4 Å². The first-order chi connectivity index (χ1) is 10.8. The molecule has 4 heterocycles. The average Bonchev–Trinajstić information content (AvgIpc) is 2.90. The fourth-order valence-electron chi connectivity index (χ4n) is 2.61. The van der Waals surface area contributed by atoms with Crippen molar-refractivity contribution < 1.29 is 0 Å². The minimum Gasteiger partial charge on any atom is -0.369 e. The molecule has 4 aromatic heterocycles. The lowest BCUT2D eigenvalue weighted by atomic mass is 10.1. The highest BCUT2D eigenvalue weighted by Crippen LogP contribution is 2.34. The Bertz CT molecular complexity index is 1000. The van der Waals surface area contributed by atoms with Crippen molar-refractivity contribution in [2.24, 2.45) is 0 Å². The average molecular weight is 345 g/mol. The van der Waals surface area contributed by atoms with E-state index >= 15 is 0 Å². The second-order valence-corrected chi connectivity index (χ2v) is 5.48. The van der Waals surface area contributed by atoms with Gasteiger partial charge in [0.05, 0.1) is 11.2 Å². The van der Waals surface area contributed by atoms with E-state index in [4.69, 9.17) is 5.73 Å². The fraction of sp³-hybridized carbons (Fsp3) is 0.0667. The molecular formula is C15H13ClN6S. The van der Waals surface area contributed by atoms with Gasteiger partial charge in [-0.1, -0.05) is 11.8 Å². The maximum Gasteiger partial charge on any atom is 0.206 e. The topological polar surface area (TPSA) is 82.0 Å². The molecule has 4 aromatic rings. The summed E-state index contributed by atoms with van der Waals surface area (Å²) in [5, 5.41) is 1.73. The minimum absolute atomic E-state index is 0. The van der Waals surface area contributed by atoms with Gasteiger partial charge in [-0.25, -0.2) is 19.9 Å². The lowest BCUT2D eigenvalue weighted by Crippen LogP contribution is -1.99. The number of thioether (sulfide) groups is 1. The molecule has 0 amide bonds. The van der Waals surface area contributed by atoms with Crippen molar-refractivity contribution in [3.63, 3.8) is 0 Å². The van der Waals surface area contributed by atoms with Crippen LogP contribution in [0.2, 0.25) is 0 Å². The minimum atomic E-state index is 0. The Morgan fingerprint density at radius 3 is 2.70 bits per heavy atom. The molecule has 0 aromatic carbocycles. The second kappa shape index (κ2) is 6.02. The molecule has 0 bridgehead atoms. The molecule has 4 rings (SSSR count). The molecule has 0 aliphatic rings. The summed E-state index contributed by atoms with van der Waals surface area (Å²) in [6.07, 6.45) is 7.17.